The van der Waals surface area contributed by atoms with Crippen LogP contribution in [0.4, 0.5) is 4.39 Å². The van der Waals surface area contributed by atoms with Gasteiger partial charge in [0.05, 0.1) is 12.2 Å². The topological polar surface area (TPSA) is 50.1 Å². The minimum atomic E-state index is -0.880. The van der Waals surface area contributed by atoms with Gasteiger partial charge in [-0.25, -0.2) is 4.39 Å². The third kappa shape index (κ3) is 3.88. The number of hydrogen-bond donors (Lipinski definition) is 0. The molecule has 1 aromatic carbocycles. The first-order chi connectivity index (χ1) is 9.70. The number of nitriles is 1. The molecule has 0 aliphatic carbocycles. The van der Waals surface area contributed by atoms with Crippen molar-refractivity contribution in [2.45, 2.75) is 44.1 Å². The fourth-order valence-corrected chi connectivity index (χ4v) is 2.50. The molecule has 1 fully saturated rings. The zero-order valence-corrected chi connectivity index (χ0v) is 11.3. The maximum Gasteiger partial charge on any atom is 0.154 e. The van der Waals surface area contributed by atoms with Gasteiger partial charge >= 0.3 is 0 Å². The Bertz CT molecular complexity index is 503. The van der Waals surface area contributed by atoms with Crippen LogP contribution in [-0.4, -0.2) is 18.5 Å². The first kappa shape index (κ1) is 14.7. The third-order valence-electron chi connectivity index (χ3n) is 3.62. The van der Waals surface area contributed by atoms with Crippen molar-refractivity contribution in [3.05, 3.63) is 35.6 Å². The van der Waals surface area contributed by atoms with Crippen molar-refractivity contribution in [3.63, 3.8) is 0 Å². The molecule has 0 aromatic heterocycles. The number of Topliss-reactive ketones (excluding diaryl/α,β-unsaturated/α-hetero) is 1. The molecule has 106 valence electrons. The van der Waals surface area contributed by atoms with Gasteiger partial charge in [0, 0.05) is 13.0 Å². The molecule has 1 saturated heterocycles. The zero-order chi connectivity index (χ0) is 14.4. The van der Waals surface area contributed by atoms with Crippen LogP contribution in [0.3, 0.4) is 0 Å². The number of nitrogens with zero attached hydrogens (tertiary/aromatic N) is 1. The Labute approximate surface area is 118 Å². The molecule has 1 aliphatic heterocycles. The molecule has 2 atom stereocenters. The molecular formula is C16H18FNO2. The number of ketones is 1. The number of halogens is 1. The molecule has 20 heavy (non-hydrogen) atoms. The lowest BCUT2D eigenvalue weighted by molar-refractivity contribution is -0.120. The molecule has 4 heteroatoms. The highest BCUT2D eigenvalue weighted by atomic mass is 19.1. The first-order valence-electron chi connectivity index (χ1n) is 7.00. The highest BCUT2D eigenvalue weighted by Gasteiger charge is 2.22. The summed E-state index contributed by atoms with van der Waals surface area (Å²) in [5, 5.41) is 9.15. The van der Waals surface area contributed by atoms with E-state index in [0.717, 1.165) is 25.9 Å². The predicted molar refractivity (Wildman–Crippen MR) is 72.6 cm³/mol. The number of benzene rings is 1. The molecule has 0 bridgehead atoms. The van der Waals surface area contributed by atoms with Crippen LogP contribution in [0.5, 0.6) is 0 Å². The molecule has 0 spiro atoms. The molecule has 2 unspecified atom stereocenters. The average Bonchev–Trinajstić information content (AvgIpc) is 2.47. The summed E-state index contributed by atoms with van der Waals surface area (Å²) in [6.45, 7) is 0.754. The molecule has 0 saturated carbocycles. The number of hydrogen-bond acceptors (Lipinski definition) is 3. The van der Waals surface area contributed by atoms with Crippen molar-refractivity contribution in [3.8, 4) is 6.07 Å². The van der Waals surface area contributed by atoms with Crippen LogP contribution in [0.2, 0.25) is 0 Å². The highest BCUT2D eigenvalue weighted by molar-refractivity contribution is 5.88. The van der Waals surface area contributed by atoms with Crippen molar-refractivity contribution in [2.75, 3.05) is 6.61 Å². The number of ether oxygens (including phenoxy) is 1. The summed E-state index contributed by atoms with van der Waals surface area (Å²) in [6.07, 6.45) is 4.26. The maximum absolute atomic E-state index is 13.2. The van der Waals surface area contributed by atoms with Crippen LogP contribution < -0.4 is 0 Å². The van der Waals surface area contributed by atoms with Gasteiger partial charge in [-0.1, -0.05) is 12.1 Å². The molecular weight excluding hydrogens is 257 g/mol. The van der Waals surface area contributed by atoms with Crippen molar-refractivity contribution < 1.29 is 13.9 Å². The summed E-state index contributed by atoms with van der Waals surface area (Å²) >= 11 is 0. The Morgan fingerprint density at radius 2 is 2.35 bits per heavy atom. The van der Waals surface area contributed by atoms with Crippen molar-refractivity contribution in [1.82, 2.24) is 0 Å². The summed E-state index contributed by atoms with van der Waals surface area (Å²) in [5.74, 6) is -1.47. The van der Waals surface area contributed by atoms with Crippen LogP contribution in [0.15, 0.2) is 24.3 Å². The molecule has 2 rings (SSSR count). The first-order valence-corrected chi connectivity index (χ1v) is 7.00. The Hall–Kier alpha value is -1.73. The smallest absolute Gasteiger partial charge is 0.154 e. The van der Waals surface area contributed by atoms with Crippen LogP contribution in [0.25, 0.3) is 0 Å². The lowest BCUT2D eigenvalue weighted by atomic mass is 9.92. The van der Waals surface area contributed by atoms with Gasteiger partial charge in [-0.3, -0.25) is 4.79 Å². The van der Waals surface area contributed by atoms with Crippen LogP contribution in [-0.2, 0) is 9.53 Å². The standard InChI is InChI=1S/C16H18FNO2/c17-13-5-3-4-12(10-13)15(11-18)16(19)8-7-14-6-1-2-9-20-14/h3-5,10,14-15H,1-2,6-9H2. The lowest BCUT2D eigenvalue weighted by Crippen LogP contribution is -2.21. The van der Waals surface area contributed by atoms with Gasteiger partial charge in [-0.05, 0) is 43.4 Å². The molecule has 1 heterocycles. The fraction of sp³-hybridized carbons (Fsp3) is 0.500. The molecule has 1 aliphatic rings. The summed E-state index contributed by atoms with van der Waals surface area (Å²) in [4.78, 5) is 12.1. The SMILES string of the molecule is N#CC(C(=O)CCC1CCCCO1)c1cccc(F)c1. The predicted octanol–water partition coefficient (Wildman–Crippen LogP) is 3.35. The Morgan fingerprint density at radius 3 is 3.00 bits per heavy atom. The van der Waals surface area contributed by atoms with E-state index >= 15 is 0 Å². The number of carbonyl (C=O) groups excluding carboxylic acids is 1. The Balaban J connectivity index is 1.94. The monoisotopic (exact) mass is 275 g/mol. The van der Waals surface area contributed by atoms with Gasteiger partial charge in [0.15, 0.2) is 5.78 Å². The largest absolute Gasteiger partial charge is 0.378 e. The van der Waals surface area contributed by atoms with Gasteiger partial charge in [-0.2, -0.15) is 5.26 Å². The second-order valence-corrected chi connectivity index (χ2v) is 5.11. The second-order valence-electron chi connectivity index (χ2n) is 5.11. The van der Waals surface area contributed by atoms with E-state index < -0.39 is 11.7 Å². The van der Waals surface area contributed by atoms with E-state index in [0.29, 0.717) is 18.4 Å². The lowest BCUT2D eigenvalue weighted by Gasteiger charge is -2.22. The van der Waals surface area contributed by atoms with Gasteiger partial charge in [0.25, 0.3) is 0 Å². The van der Waals surface area contributed by atoms with Crippen molar-refractivity contribution in [2.24, 2.45) is 0 Å². The average molecular weight is 275 g/mol. The Kier molecular flexibility index (Phi) is 5.25. The van der Waals surface area contributed by atoms with E-state index in [1.54, 1.807) is 6.07 Å². The number of rotatable bonds is 5. The summed E-state index contributed by atoms with van der Waals surface area (Å²) in [5.41, 5.74) is 0.432. The molecule has 1 aromatic rings. The van der Waals surface area contributed by atoms with Gasteiger partial charge in [0.1, 0.15) is 11.7 Å². The van der Waals surface area contributed by atoms with E-state index in [2.05, 4.69) is 0 Å². The van der Waals surface area contributed by atoms with Crippen molar-refractivity contribution >= 4 is 5.78 Å². The van der Waals surface area contributed by atoms with E-state index in [-0.39, 0.29) is 11.9 Å². The van der Waals surface area contributed by atoms with E-state index in [4.69, 9.17) is 10.00 Å². The van der Waals surface area contributed by atoms with E-state index in [1.807, 2.05) is 6.07 Å². The van der Waals surface area contributed by atoms with Gasteiger partial charge < -0.3 is 4.74 Å². The summed E-state index contributed by atoms with van der Waals surface area (Å²) in [6, 6.07) is 7.67. The van der Waals surface area contributed by atoms with Crippen LogP contribution >= 0.6 is 0 Å². The summed E-state index contributed by atoms with van der Waals surface area (Å²) < 4.78 is 18.7. The van der Waals surface area contributed by atoms with E-state index in [9.17, 15) is 9.18 Å². The maximum atomic E-state index is 13.2. The fourth-order valence-electron chi connectivity index (χ4n) is 2.50. The normalized spacial score (nSPS) is 20.1. The second kappa shape index (κ2) is 7.16. The zero-order valence-electron chi connectivity index (χ0n) is 11.3. The molecule has 3 nitrogen and oxygen atoms in total. The quantitative estimate of drug-likeness (QED) is 0.828. The van der Waals surface area contributed by atoms with Crippen LogP contribution in [0.1, 0.15) is 43.6 Å². The third-order valence-corrected chi connectivity index (χ3v) is 3.62. The van der Waals surface area contributed by atoms with Gasteiger partial charge in [0.2, 0.25) is 0 Å². The van der Waals surface area contributed by atoms with Crippen molar-refractivity contribution in [1.29, 1.82) is 5.26 Å². The summed E-state index contributed by atoms with van der Waals surface area (Å²) in [7, 11) is 0. The number of carbonyl (C=O) groups is 1. The van der Waals surface area contributed by atoms with Gasteiger partial charge in [-0.15, -0.1) is 0 Å². The minimum absolute atomic E-state index is 0.125. The minimum Gasteiger partial charge on any atom is -0.378 e. The van der Waals surface area contributed by atoms with E-state index in [1.165, 1.54) is 18.2 Å². The molecule has 0 radical (unpaired) electrons. The molecule has 0 amide bonds. The highest BCUT2D eigenvalue weighted by Crippen LogP contribution is 2.22. The van der Waals surface area contributed by atoms with Crippen LogP contribution in [0, 0.1) is 17.1 Å². The Morgan fingerprint density at radius 1 is 1.50 bits per heavy atom. The molecule has 0 N–H and O–H groups in total.